The standard InChI is InChI=1S/C27H33BrN4O5/c1-3-36-26(34)15-32-9-7-18(8-10-32)11-21(33)16-37-25-14-23-22(13-24(25)35-2)27(30-17-29-23)31-20-6-4-5-19(28)12-20/h4-6,12-14,17-18,21,33H,3,7-11,15-16H2,1-2H3,(H,29,30,31). The molecule has 1 saturated heterocycles. The van der Waals surface area contributed by atoms with Crippen molar-refractivity contribution in [3.8, 4) is 11.5 Å². The maximum Gasteiger partial charge on any atom is 0.320 e. The van der Waals surface area contributed by atoms with Crippen molar-refractivity contribution in [2.45, 2.75) is 32.3 Å². The number of hydrogen-bond donors (Lipinski definition) is 2. The van der Waals surface area contributed by atoms with Gasteiger partial charge in [-0.05, 0) is 69.5 Å². The Balaban J connectivity index is 1.35. The quantitative estimate of drug-likeness (QED) is 0.320. The van der Waals surface area contributed by atoms with Crippen molar-refractivity contribution in [2.24, 2.45) is 5.92 Å². The number of anilines is 2. The molecule has 0 spiro atoms. The average Bonchev–Trinajstić information content (AvgIpc) is 2.88. The summed E-state index contributed by atoms with van der Waals surface area (Å²) in [6.07, 6.45) is 3.40. The topological polar surface area (TPSA) is 106 Å². The molecule has 0 aliphatic carbocycles. The lowest BCUT2D eigenvalue weighted by Gasteiger charge is -2.32. The SMILES string of the molecule is CCOC(=O)CN1CCC(CC(O)COc2cc3ncnc(Nc4cccc(Br)c4)c3cc2OC)CC1. The lowest BCUT2D eigenvalue weighted by molar-refractivity contribution is -0.144. The van der Waals surface area contributed by atoms with Gasteiger partial charge in [-0.25, -0.2) is 9.97 Å². The predicted octanol–water partition coefficient (Wildman–Crippen LogP) is 4.55. The molecule has 0 radical (unpaired) electrons. The van der Waals surface area contributed by atoms with E-state index in [0.717, 1.165) is 41.5 Å². The van der Waals surface area contributed by atoms with Crippen LogP contribution in [-0.4, -0.2) is 72.0 Å². The van der Waals surface area contributed by atoms with Crippen molar-refractivity contribution in [2.75, 3.05) is 45.3 Å². The van der Waals surface area contributed by atoms with Gasteiger partial charge in [0.05, 0.1) is 31.9 Å². The summed E-state index contributed by atoms with van der Waals surface area (Å²) in [4.78, 5) is 22.6. The molecule has 10 heteroatoms. The molecule has 2 heterocycles. The highest BCUT2D eigenvalue weighted by atomic mass is 79.9. The number of benzene rings is 2. The molecule has 1 aromatic heterocycles. The third kappa shape index (κ3) is 7.53. The van der Waals surface area contributed by atoms with E-state index in [1.165, 1.54) is 6.33 Å². The van der Waals surface area contributed by atoms with Crippen LogP contribution in [0.1, 0.15) is 26.2 Å². The molecule has 4 rings (SSSR count). The summed E-state index contributed by atoms with van der Waals surface area (Å²) >= 11 is 3.49. The van der Waals surface area contributed by atoms with Gasteiger partial charge < -0.3 is 24.6 Å². The van der Waals surface area contributed by atoms with Gasteiger partial charge >= 0.3 is 5.97 Å². The van der Waals surface area contributed by atoms with Crippen LogP contribution in [0.3, 0.4) is 0 Å². The third-order valence-corrected chi connectivity index (χ3v) is 6.90. The van der Waals surface area contributed by atoms with E-state index in [1.54, 1.807) is 7.11 Å². The predicted molar refractivity (Wildman–Crippen MR) is 145 cm³/mol. The second-order valence-corrected chi connectivity index (χ2v) is 10.0. The number of nitrogens with one attached hydrogen (secondary N) is 1. The molecule has 0 amide bonds. The van der Waals surface area contributed by atoms with Gasteiger partial charge in [-0.15, -0.1) is 0 Å². The molecule has 1 aliphatic rings. The van der Waals surface area contributed by atoms with Crippen LogP contribution in [0.5, 0.6) is 11.5 Å². The van der Waals surface area contributed by atoms with E-state index in [-0.39, 0.29) is 12.6 Å². The van der Waals surface area contributed by atoms with Gasteiger partial charge in [-0.3, -0.25) is 9.69 Å². The van der Waals surface area contributed by atoms with E-state index < -0.39 is 6.10 Å². The van der Waals surface area contributed by atoms with Crippen LogP contribution in [-0.2, 0) is 9.53 Å². The Morgan fingerprint density at radius 1 is 1.22 bits per heavy atom. The number of piperidine rings is 1. The molecular formula is C27H33BrN4O5. The van der Waals surface area contributed by atoms with Crippen molar-refractivity contribution < 1.29 is 24.1 Å². The first kappa shape index (κ1) is 27.1. The van der Waals surface area contributed by atoms with Crippen LogP contribution in [0.4, 0.5) is 11.5 Å². The number of halogens is 1. The molecule has 2 N–H and O–H groups in total. The summed E-state index contributed by atoms with van der Waals surface area (Å²) < 4.78 is 17.6. The maximum atomic E-state index is 11.7. The number of esters is 1. The van der Waals surface area contributed by atoms with Crippen molar-refractivity contribution in [1.82, 2.24) is 14.9 Å². The van der Waals surface area contributed by atoms with Gasteiger partial charge in [0, 0.05) is 21.6 Å². The molecular weight excluding hydrogens is 540 g/mol. The van der Waals surface area contributed by atoms with Gasteiger partial charge in [0.25, 0.3) is 0 Å². The molecule has 9 nitrogen and oxygen atoms in total. The number of methoxy groups -OCH3 is 1. The monoisotopic (exact) mass is 572 g/mol. The molecule has 1 fully saturated rings. The molecule has 1 unspecified atom stereocenters. The molecule has 0 saturated carbocycles. The fourth-order valence-corrected chi connectivity index (χ4v) is 4.95. The number of carbonyl (C=O) groups excluding carboxylic acids is 1. The number of hydrogen-bond acceptors (Lipinski definition) is 9. The van der Waals surface area contributed by atoms with E-state index >= 15 is 0 Å². The van der Waals surface area contributed by atoms with Gasteiger partial charge in [-0.2, -0.15) is 0 Å². The van der Waals surface area contributed by atoms with Gasteiger partial charge in [0.1, 0.15) is 18.8 Å². The highest BCUT2D eigenvalue weighted by Gasteiger charge is 2.24. The molecule has 2 aromatic carbocycles. The number of likely N-dealkylation sites (tertiary alicyclic amines) is 1. The van der Waals surface area contributed by atoms with Crippen LogP contribution in [0.2, 0.25) is 0 Å². The highest BCUT2D eigenvalue weighted by Crippen LogP contribution is 2.35. The number of nitrogens with zero attached hydrogens (tertiary/aromatic N) is 3. The molecule has 1 aliphatic heterocycles. The fourth-order valence-electron chi connectivity index (χ4n) is 4.55. The number of aliphatic hydroxyl groups is 1. The Morgan fingerprint density at radius 2 is 2.03 bits per heavy atom. The van der Waals surface area contributed by atoms with Crippen molar-refractivity contribution in [1.29, 1.82) is 0 Å². The van der Waals surface area contributed by atoms with Gasteiger partial charge in [-0.1, -0.05) is 22.0 Å². The Labute approximate surface area is 225 Å². The minimum Gasteiger partial charge on any atom is -0.493 e. The number of rotatable bonds is 11. The second-order valence-electron chi connectivity index (χ2n) is 9.10. The van der Waals surface area contributed by atoms with Crippen LogP contribution < -0.4 is 14.8 Å². The Hall–Kier alpha value is -2.95. The normalized spacial score (nSPS) is 15.4. The summed E-state index contributed by atoms with van der Waals surface area (Å²) in [6.45, 7) is 4.35. The number of carbonyl (C=O) groups is 1. The van der Waals surface area contributed by atoms with Crippen molar-refractivity contribution in [3.63, 3.8) is 0 Å². The molecule has 37 heavy (non-hydrogen) atoms. The summed E-state index contributed by atoms with van der Waals surface area (Å²) in [7, 11) is 1.58. The van der Waals surface area contributed by atoms with Crippen molar-refractivity contribution in [3.05, 3.63) is 47.2 Å². The second kappa shape index (κ2) is 13.0. The summed E-state index contributed by atoms with van der Waals surface area (Å²) in [5.41, 5.74) is 1.59. The van der Waals surface area contributed by atoms with Crippen LogP contribution in [0, 0.1) is 5.92 Å². The van der Waals surface area contributed by atoms with Crippen molar-refractivity contribution >= 4 is 44.3 Å². The Kier molecular flexibility index (Phi) is 9.54. The van der Waals surface area contributed by atoms with E-state index in [2.05, 4.69) is 36.1 Å². The van der Waals surface area contributed by atoms with Crippen LogP contribution in [0.25, 0.3) is 10.9 Å². The Bertz CT molecular complexity index is 1200. The highest BCUT2D eigenvalue weighted by molar-refractivity contribution is 9.10. The van der Waals surface area contributed by atoms with Crippen LogP contribution in [0.15, 0.2) is 47.2 Å². The molecule has 198 valence electrons. The zero-order chi connectivity index (χ0) is 26.2. The summed E-state index contributed by atoms with van der Waals surface area (Å²) in [5, 5.41) is 14.8. The zero-order valence-electron chi connectivity index (χ0n) is 21.2. The van der Waals surface area contributed by atoms with Gasteiger partial charge in [0.2, 0.25) is 0 Å². The number of ether oxygens (including phenoxy) is 3. The molecule has 0 bridgehead atoms. The van der Waals surface area contributed by atoms with E-state index in [4.69, 9.17) is 14.2 Å². The van der Waals surface area contributed by atoms with E-state index in [0.29, 0.717) is 48.3 Å². The maximum absolute atomic E-state index is 11.7. The lowest BCUT2D eigenvalue weighted by Crippen LogP contribution is -2.39. The number of aromatic nitrogens is 2. The average molecular weight is 573 g/mol. The summed E-state index contributed by atoms with van der Waals surface area (Å²) in [6, 6.07) is 11.5. The molecule has 3 aromatic rings. The molecule has 1 atom stereocenters. The van der Waals surface area contributed by atoms with E-state index in [9.17, 15) is 9.90 Å². The first-order chi connectivity index (χ1) is 17.9. The zero-order valence-corrected chi connectivity index (χ0v) is 22.7. The third-order valence-electron chi connectivity index (χ3n) is 6.41. The first-order valence-electron chi connectivity index (χ1n) is 12.5. The summed E-state index contributed by atoms with van der Waals surface area (Å²) in [5.74, 6) is 1.92. The first-order valence-corrected chi connectivity index (χ1v) is 13.3. The minimum atomic E-state index is -0.610. The minimum absolute atomic E-state index is 0.152. The smallest absolute Gasteiger partial charge is 0.320 e. The number of fused-ring (bicyclic) bond motifs is 1. The largest absolute Gasteiger partial charge is 0.493 e. The lowest BCUT2D eigenvalue weighted by atomic mass is 9.91. The van der Waals surface area contributed by atoms with Gasteiger partial charge in [0.15, 0.2) is 11.5 Å². The fraction of sp³-hybridized carbons (Fsp3) is 0.444. The van der Waals surface area contributed by atoms with E-state index in [1.807, 2.05) is 43.3 Å². The number of aliphatic hydroxyl groups excluding tert-OH is 1. The Morgan fingerprint density at radius 3 is 2.76 bits per heavy atom. The van der Waals surface area contributed by atoms with Crippen LogP contribution >= 0.6 is 15.9 Å².